The Labute approximate surface area is 105 Å². The van der Waals surface area contributed by atoms with Crippen molar-refractivity contribution in [3.05, 3.63) is 20.8 Å². The van der Waals surface area contributed by atoms with E-state index in [1.165, 1.54) is 41.7 Å². The molecule has 1 aliphatic rings. The molecule has 1 saturated carbocycles. The molecule has 0 bridgehead atoms. The van der Waals surface area contributed by atoms with E-state index in [1.54, 1.807) is 0 Å². The maximum Gasteiger partial charge on any atom is 0.0328 e. The van der Waals surface area contributed by atoms with Gasteiger partial charge in [-0.1, -0.05) is 6.92 Å². The van der Waals surface area contributed by atoms with Crippen LogP contribution in [0.4, 0.5) is 0 Å². The number of thiophene rings is 1. The van der Waals surface area contributed by atoms with Gasteiger partial charge in [0.2, 0.25) is 0 Å². The normalized spacial score (nSPS) is 16.2. The quantitative estimate of drug-likeness (QED) is 0.760. The number of hydrogen-bond acceptors (Lipinski definition) is 2. The van der Waals surface area contributed by atoms with Crippen molar-refractivity contribution in [2.75, 3.05) is 13.1 Å². The Kier molecular flexibility index (Phi) is 4.23. The topological polar surface area (TPSA) is 3.24 Å². The highest BCUT2D eigenvalue weighted by Gasteiger charge is 2.24. The third kappa shape index (κ3) is 3.89. The standard InChI is InChI=1S/C12H18BrNS/c1-2-5-14(7-10-3-4-10)8-12-6-11(13)9-15-12/h6,9-10H,2-5,7-8H2,1H3. The molecule has 84 valence electrons. The van der Waals surface area contributed by atoms with Gasteiger partial charge in [0, 0.05) is 27.8 Å². The predicted molar refractivity (Wildman–Crippen MR) is 70.3 cm³/mol. The molecule has 0 aliphatic heterocycles. The van der Waals surface area contributed by atoms with Crippen LogP contribution < -0.4 is 0 Å². The first kappa shape index (κ1) is 11.6. The predicted octanol–water partition coefficient (Wildman–Crippen LogP) is 4.13. The van der Waals surface area contributed by atoms with Gasteiger partial charge in [0.15, 0.2) is 0 Å². The lowest BCUT2D eigenvalue weighted by atomic mass is 10.3. The average molecular weight is 288 g/mol. The fourth-order valence-electron chi connectivity index (χ4n) is 1.87. The van der Waals surface area contributed by atoms with Crippen molar-refractivity contribution in [2.24, 2.45) is 5.92 Å². The largest absolute Gasteiger partial charge is 0.298 e. The third-order valence-electron chi connectivity index (χ3n) is 2.75. The highest BCUT2D eigenvalue weighted by molar-refractivity contribution is 9.10. The molecular formula is C12H18BrNS. The van der Waals surface area contributed by atoms with Crippen LogP contribution in [0.25, 0.3) is 0 Å². The van der Waals surface area contributed by atoms with E-state index in [0.29, 0.717) is 0 Å². The zero-order valence-electron chi connectivity index (χ0n) is 9.21. The molecule has 0 aromatic carbocycles. The van der Waals surface area contributed by atoms with E-state index in [1.807, 2.05) is 11.3 Å². The van der Waals surface area contributed by atoms with Gasteiger partial charge in [-0.25, -0.2) is 0 Å². The molecule has 1 nitrogen and oxygen atoms in total. The molecule has 0 spiro atoms. The summed E-state index contributed by atoms with van der Waals surface area (Å²) in [5.41, 5.74) is 0. The maximum absolute atomic E-state index is 3.52. The van der Waals surface area contributed by atoms with Crippen molar-refractivity contribution in [2.45, 2.75) is 32.7 Å². The third-order valence-corrected chi connectivity index (χ3v) is 4.44. The van der Waals surface area contributed by atoms with Crippen molar-refractivity contribution in [1.82, 2.24) is 4.90 Å². The van der Waals surface area contributed by atoms with Gasteiger partial charge in [0.25, 0.3) is 0 Å². The molecule has 0 atom stereocenters. The summed E-state index contributed by atoms with van der Waals surface area (Å²) in [7, 11) is 0. The lowest BCUT2D eigenvalue weighted by molar-refractivity contribution is 0.257. The second-order valence-electron chi connectivity index (χ2n) is 4.41. The van der Waals surface area contributed by atoms with E-state index < -0.39 is 0 Å². The fourth-order valence-corrected chi connectivity index (χ4v) is 3.37. The minimum Gasteiger partial charge on any atom is -0.298 e. The summed E-state index contributed by atoms with van der Waals surface area (Å²) in [4.78, 5) is 4.09. The van der Waals surface area contributed by atoms with Gasteiger partial charge in [-0.05, 0) is 53.7 Å². The van der Waals surface area contributed by atoms with Crippen molar-refractivity contribution in [3.63, 3.8) is 0 Å². The van der Waals surface area contributed by atoms with Gasteiger partial charge >= 0.3 is 0 Å². The molecule has 1 aromatic rings. The van der Waals surface area contributed by atoms with Gasteiger partial charge in [-0.3, -0.25) is 4.90 Å². The molecule has 0 amide bonds. The molecule has 1 heterocycles. The van der Waals surface area contributed by atoms with Crippen LogP contribution in [0.5, 0.6) is 0 Å². The summed E-state index contributed by atoms with van der Waals surface area (Å²) in [5.74, 6) is 1.000. The second-order valence-corrected chi connectivity index (χ2v) is 6.32. The number of hydrogen-bond donors (Lipinski definition) is 0. The van der Waals surface area contributed by atoms with E-state index in [0.717, 1.165) is 12.5 Å². The molecule has 1 aromatic heterocycles. The molecule has 0 radical (unpaired) electrons. The van der Waals surface area contributed by atoms with Crippen molar-refractivity contribution < 1.29 is 0 Å². The van der Waals surface area contributed by atoms with Gasteiger partial charge < -0.3 is 0 Å². The van der Waals surface area contributed by atoms with E-state index in [2.05, 4.69) is 39.2 Å². The summed E-state index contributed by atoms with van der Waals surface area (Å²) in [5, 5.41) is 2.18. The SMILES string of the molecule is CCCN(Cc1cc(Br)cs1)CC1CC1. The van der Waals surface area contributed by atoms with E-state index in [4.69, 9.17) is 0 Å². The summed E-state index contributed by atoms with van der Waals surface area (Å²) in [6.07, 6.45) is 4.17. The van der Waals surface area contributed by atoms with E-state index in [9.17, 15) is 0 Å². The first-order valence-electron chi connectivity index (χ1n) is 5.73. The zero-order chi connectivity index (χ0) is 10.7. The zero-order valence-corrected chi connectivity index (χ0v) is 11.6. The lowest BCUT2D eigenvalue weighted by Gasteiger charge is -2.20. The van der Waals surface area contributed by atoms with Crippen LogP contribution in [0.3, 0.4) is 0 Å². The summed E-state index contributed by atoms with van der Waals surface area (Å²) in [6, 6.07) is 2.25. The molecular weight excluding hydrogens is 270 g/mol. The van der Waals surface area contributed by atoms with Crippen LogP contribution in [-0.2, 0) is 6.54 Å². The minimum atomic E-state index is 1.000. The Bertz CT molecular complexity index is 306. The van der Waals surface area contributed by atoms with Crippen LogP contribution in [0.1, 0.15) is 31.1 Å². The highest BCUT2D eigenvalue weighted by atomic mass is 79.9. The molecule has 3 heteroatoms. The van der Waals surface area contributed by atoms with Gasteiger partial charge in [0.1, 0.15) is 0 Å². The molecule has 2 rings (SSSR count). The lowest BCUT2D eigenvalue weighted by Crippen LogP contribution is -2.25. The van der Waals surface area contributed by atoms with E-state index >= 15 is 0 Å². The van der Waals surface area contributed by atoms with Crippen molar-refractivity contribution in [3.8, 4) is 0 Å². The Morgan fingerprint density at radius 1 is 1.53 bits per heavy atom. The molecule has 1 fully saturated rings. The second kappa shape index (κ2) is 5.46. The van der Waals surface area contributed by atoms with Gasteiger partial charge in [0.05, 0.1) is 0 Å². The highest BCUT2D eigenvalue weighted by Crippen LogP contribution is 2.30. The van der Waals surface area contributed by atoms with Crippen molar-refractivity contribution in [1.29, 1.82) is 0 Å². The molecule has 1 aliphatic carbocycles. The Hall–Kier alpha value is 0.140. The maximum atomic E-state index is 3.52. The van der Waals surface area contributed by atoms with Gasteiger partial charge in [-0.15, -0.1) is 11.3 Å². The molecule has 0 N–H and O–H groups in total. The smallest absolute Gasteiger partial charge is 0.0328 e. The first-order chi connectivity index (χ1) is 7.28. The number of rotatable bonds is 6. The van der Waals surface area contributed by atoms with Crippen LogP contribution >= 0.6 is 27.3 Å². The fraction of sp³-hybridized carbons (Fsp3) is 0.667. The Morgan fingerprint density at radius 2 is 2.33 bits per heavy atom. The Balaban J connectivity index is 1.86. The van der Waals surface area contributed by atoms with Crippen LogP contribution in [0, 0.1) is 5.92 Å². The summed E-state index contributed by atoms with van der Waals surface area (Å²) < 4.78 is 1.23. The van der Waals surface area contributed by atoms with E-state index in [-0.39, 0.29) is 0 Å². The van der Waals surface area contributed by atoms with Crippen LogP contribution in [0.2, 0.25) is 0 Å². The number of halogens is 1. The van der Waals surface area contributed by atoms with Crippen molar-refractivity contribution >= 4 is 27.3 Å². The molecule has 15 heavy (non-hydrogen) atoms. The summed E-state index contributed by atoms with van der Waals surface area (Å²) in [6.45, 7) is 5.96. The molecule has 0 saturated heterocycles. The van der Waals surface area contributed by atoms with Gasteiger partial charge in [-0.2, -0.15) is 0 Å². The first-order valence-corrected chi connectivity index (χ1v) is 7.40. The monoisotopic (exact) mass is 287 g/mol. The summed E-state index contributed by atoms with van der Waals surface area (Å²) >= 11 is 5.38. The number of nitrogens with zero attached hydrogens (tertiary/aromatic N) is 1. The average Bonchev–Trinajstić information content (AvgIpc) is 2.90. The minimum absolute atomic E-state index is 1.000. The van der Waals surface area contributed by atoms with Crippen LogP contribution in [-0.4, -0.2) is 18.0 Å². The molecule has 0 unspecified atom stereocenters. The van der Waals surface area contributed by atoms with Crippen LogP contribution in [0.15, 0.2) is 15.9 Å². The Morgan fingerprint density at radius 3 is 2.87 bits per heavy atom.